The van der Waals surface area contributed by atoms with Gasteiger partial charge < -0.3 is 25.4 Å². The lowest BCUT2D eigenvalue weighted by atomic mass is 9.88. The molecule has 0 aromatic heterocycles. The van der Waals surface area contributed by atoms with Crippen molar-refractivity contribution in [3.05, 3.63) is 35.9 Å². The van der Waals surface area contributed by atoms with Crippen LogP contribution in [-0.2, 0) is 9.47 Å². The highest BCUT2D eigenvalue weighted by molar-refractivity contribution is 5.80. The molecule has 1 fully saturated rings. The molecule has 1 heterocycles. The van der Waals surface area contributed by atoms with E-state index < -0.39 is 0 Å². The maximum atomic E-state index is 5.61. The summed E-state index contributed by atoms with van der Waals surface area (Å²) in [5, 5.41) is 10.7. The Morgan fingerprint density at radius 3 is 2.54 bits per heavy atom. The topological polar surface area (TPSA) is 66.9 Å². The smallest absolute Gasteiger partial charge is 0.191 e. The minimum Gasteiger partial charge on any atom is -0.383 e. The Morgan fingerprint density at radius 1 is 1.23 bits per heavy atom. The van der Waals surface area contributed by atoms with Crippen LogP contribution in [0.15, 0.2) is 35.3 Å². The van der Waals surface area contributed by atoms with Crippen LogP contribution in [0, 0.1) is 0 Å². The van der Waals surface area contributed by atoms with Crippen molar-refractivity contribution >= 4 is 5.96 Å². The molecule has 2 atom stereocenters. The van der Waals surface area contributed by atoms with Gasteiger partial charge in [0.05, 0.1) is 6.61 Å². The van der Waals surface area contributed by atoms with Crippen LogP contribution >= 0.6 is 0 Å². The van der Waals surface area contributed by atoms with Gasteiger partial charge in [-0.15, -0.1) is 0 Å². The van der Waals surface area contributed by atoms with Crippen molar-refractivity contribution < 1.29 is 9.47 Å². The number of nitrogens with zero attached hydrogens (tertiary/aromatic N) is 1. The second-order valence-corrected chi connectivity index (χ2v) is 7.10. The third-order valence-electron chi connectivity index (χ3n) is 4.89. The summed E-state index contributed by atoms with van der Waals surface area (Å²) in [5.74, 6) is 0.801. The van der Waals surface area contributed by atoms with Gasteiger partial charge in [-0.05, 0) is 32.3 Å². The van der Waals surface area contributed by atoms with Crippen LogP contribution in [0.5, 0.6) is 0 Å². The van der Waals surface area contributed by atoms with Gasteiger partial charge in [-0.2, -0.15) is 0 Å². The Kier molecular flexibility index (Phi) is 8.35. The number of guanidine groups is 1. The Morgan fingerprint density at radius 2 is 1.92 bits per heavy atom. The molecule has 0 saturated carbocycles. The molecule has 0 amide bonds. The highest BCUT2D eigenvalue weighted by Crippen LogP contribution is 2.25. The minimum atomic E-state index is -0.0182. The summed E-state index contributed by atoms with van der Waals surface area (Å²) in [5.41, 5.74) is 1.28. The van der Waals surface area contributed by atoms with Gasteiger partial charge in [-0.25, -0.2) is 0 Å². The van der Waals surface area contributed by atoms with E-state index in [-0.39, 0.29) is 17.6 Å². The number of ether oxygens (including phenoxy) is 2. The third kappa shape index (κ3) is 6.27. The zero-order valence-corrected chi connectivity index (χ0v) is 16.5. The van der Waals surface area contributed by atoms with Gasteiger partial charge in [0.2, 0.25) is 0 Å². The molecular formula is C20H34N4O2. The molecule has 3 N–H and O–H groups in total. The van der Waals surface area contributed by atoms with E-state index in [1.54, 1.807) is 14.2 Å². The second kappa shape index (κ2) is 10.5. The molecule has 1 aliphatic heterocycles. The molecule has 26 heavy (non-hydrogen) atoms. The first-order valence-corrected chi connectivity index (χ1v) is 9.45. The van der Waals surface area contributed by atoms with Gasteiger partial charge >= 0.3 is 0 Å². The minimum absolute atomic E-state index is 0.0182. The first-order valence-electron chi connectivity index (χ1n) is 9.45. The largest absolute Gasteiger partial charge is 0.383 e. The summed E-state index contributed by atoms with van der Waals surface area (Å²) < 4.78 is 10.8. The molecule has 1 aromatic carbocycles. The fourth-order valence-corrected chi connectivity index (χ4v) is 3.39. The van der Waals surface area contributed by atoms with E-state index in [9.17, 15) is 0 Å². The summed E-state index contributed by atoms with van der Waals surface area (Å²) >= 11 is 0. The summed E-state index contributed by atoms with van der Waals surface area (Å²) in [6.07, 6.45) is 1.95. The van der Waals surface area contributed by atoms with Crippen LogP contribution in [0.2, 0.25) is 0 Å². The normalized spacial score (nSPS) is 19.6. The highest BCUT2D eigenvalue weighted by Gasteiger charge is 2.34. The number of aliphatic imine (C=N–C) groups is 1. The van der Waals surface area contributed by atoms with Gasteiger partial charge in [0.1, 0.15) is 0 Å². The van der Waals surface area contributed by atoms with Crippen molar-refractivity contribution in [1.29, 1.82) is 0 Å². The molecule has 6 nitrogen and oxygen atoms in total. The first kappa shape index (κ1) is 20.7. The maximum Gasteiger partial charge on any atom is 0.191 e. The Hall–Kier alpha value is -1.63. The molecule has 6 heteroatoms. The monoisotopic (exact) mass is 362 g/mol. The fraction of sp³-hybridized carbons (Fsp3) is 0.650. The van der Waals surface area contributed by atoms with Gasteiger partial charge in [0, 0.05) is 51.5 Å². The lowest BCUT2D eigenvalue weighted by molar-refractivity contribution is 0.0354. The Bertz CT molecular complexity index is 544. The van der Waals surface area contributed by atoms with Crippen molar-refractivity contribution in [3.63, 3.8) is 0 Å². The summed E-state index contributed by atoms with van der Waals surface area (Å²) in [4.78, 5) is 4.34. The molecule has 2 rings (SSSR count). The molecule has 1 saturated heterocycles. The van der Waals surface area contributed by atoms with E-state index in [1.165, 1.54) is 5.56 Å². The average Bonchev–Trinajstić information content (AvgIpc) is 2.67. The number of nitrogens with one attached hydrogen (secondary N) is 3. The second-order valence-electron chi connectivity index (χ2n) is 7.10. The molecule has 146 valence electrons. The molecule has 0 aliphatic carbocycles. The van der Waals surface area contributed by atoms with Crippen molar-refractivity contribution in [3.8, 4) is 0 Å². The fourth-order valence-electron chi connectivity index (χ4n) is 3.39. The van der Waals surface area contributed by atoms with Gasteiger partial charge in [0.15, 0.2) is 5.96 Å². The average molecular weight is 363 g/mol. The number of rotatable bonds is 8. The number of hydrogen-bond acceptors (Lipinski definition) is 4. The number of hydrogen-bond donors (Lipinski definition) is 3. The van der Waals surface area contributed by atoms with Crippen molar-refractivity contribution in [2.75, 3.05) is 40.5 Å². The zero-order valence-electron chi connectivity index (χ0n) is 16.5. The maximum absolute atomic E-state index is 5.61. The van der Waals surface area contributed by atoms with Gasteiger partial charge in [-0.3, -0.25) is 4.99 Å². The van der Waals surface area contributed by atoms with Crippen molar-refractivity contribution in [2.24, 2.45) is 4.99 Å². The van der Waals surface area contributed by atoms with E-state index in [0.29, 0.717) is 6.61 Å². The molecule has 1 aromatic rings. The van der Waals surface area contributed by atoms with Gasteiger partial charge in [-0.1, -0.05) is 30.3 Å². The number of benzene rings is 1. The van der Waals surface area contributed by atoms with Crippen LogP contribution in [0.1, 0.15) is 38.3 Å². The van der Waals surface area contributed by atoms with Crippen LogP contribution in [0.4, 0.5) is 0 Å². The molecule has 1 aliphatic rings. The third-order valence-corrected chi connectivity index (χ3v) is 4.89. The van der Waals surface area contributed by atoms with Crippen LogP contribution < -0.4 is 16.0 Å². The van der Waals surface area contributed by atoms with Crippen molar-refractivity contribution in [1.82, 2.24) is 16.0 Å². The first-order chi connectivity index (χ1) is 12.6. The van der Waals surface area contributed by atoms with E-state index in [4.69, 9.17) is 9.47 Å². The standard InChI is InChI=1S/C20H34N4O2/c1-16(14-25-4)23-19(21-3)22-15-20(10-12-26-13-11-20)24-17(2)18-8-6-5-7-9-18/h5-9,16-17,24H,10-15H2,1-4H3,(H2,21,22,23). The van der Waals surface area contributed by atoms with E-state index in [2.05, 4.69) is 65.1 Å². The van der Waals surface area contributed by atoms with E-state index in [0.717, 1.165) is 38.6 Å². The Balaban J connectivity index is 1.99. The van der Waals surface area contributed by atoms with Crippen LogP contribution in [-0.4, -0.2) is 58.1 Å². The summed E-state index contributed by atoms with van der Waals surface area (Å²) in [7, 11) is 3.51. The molecule has 0 bridgehead atoms. The van der Waals surface area contributed by atoms with E-state index >= 15 is 0 Å². The summed E-state index contributed by atoms with van der Waals surface area (Å²) in [6, 6.07) is 11.1. The molecule has 2 unspecified atom stereocenters. The van der Waals surface area contributed by atoms with E-state index in [1.807, 2.05) is 0 Å². The molecular weight excluding hydrogens is 328 g/mol. The van der Waals surface area contributed by atoms with Crippen LogP contribution in [0.25, 0.3) is 0 Å². The lowest BCUT2D eigenvalue weighted by Gasteiger charge is -2.41. The molecule has 0 spiro atoms. The molecule has 0 radical (unpaired) electrons. The summed E-state index contributed by atoms with van der Waals surface area (Å²) in [6.45, 7) is 7.30. The highest BCUT2D eigenvalue weighted by atomic mass is 16.5. The van der Waals surface area contributed by atoms with Gasteiger partial charge in [0.25, 0.3) is 0 Å². The quantitative estimate of drug-likeness (QED) is 0.488. The van der Waals surface area contributed by atoms with Crippen molar-refractivity contribution in [2.45, 2.75) is 44.3 Å². The Labute approximate surface area is 157 Å². The number of methoxy groups -OCH3 is 1. The van der Waals surface area contributed by atoms with Crippen LogP contribution in [0.3, 0.4) is 0 Å². The SMILES string of the molecule is CN=C(NCC1(NC(C)c2ccccc2)CCOCC1)NC(C)COC. The predicted molar refractivity (Wildman–Crippen MR) is 107 cm³/mol. The lowest BCUT2D eigenvalue weighted by Crippen LogP contribution is -2.58. The zero-order chi connectivity index (χ0) is 18.8. The predicted octanol–water partition coefficient (Wildman–Crippen LogP) is 2.09.